The summed E-state index contributed by atoms with van der Waals surface area (Å²) in [6, 6.07) is 3.81. The number of ketones is 1. The Labute approximate surface area is 100 Å². The molecule has 2 aromatic heterocycles. The highest BCUT2D eigenvalue weighted by atomic mass is 16.1. The van der Waals surface area contributed by atoms with E-state index >= 15 is 0 Å². The first-order chi connectivity index (χ1) is 8.25. The van der Waals surface area contributed by atoms with Gasteiger partial charge < -0.3 is 4.40 Å². The fourth-order valence-corrected chi connectivity index (χ4v) is 2.73. The van der Waals surface area contributed by atoms with Crippen LogP contribution in [0.3, 0.4) is 0 Å². The summed E-state index contributed by atoms with van der Waals surface area (Å²) < 4.78 is 2.13. The zero-order valence-corrected chi connectivity index (χ0v) is 10.0. The summed E-state index contributed by atoms with van der Waals surface area (Å²) >= 11 is 0. The minimum atomic E-state index is 0.108. The van der Waals surface area contributed by atoms with Crippen molar-refractivity contribution in [2.45, 2.75) is 38.5 Å². The van der Waals surface area contributed by atoms with E-state index in [0.29, 0.717) is 5.92 Å². The van der Waals surface area contributed by atoms with Gasteiger partial charge in [0.2, 0.25) is 0 Å². The van der Waals surface area contributed by atoms with Crippen molar-refractivity contribution in [3.05, 3.63) is 35.9 Å². The Morgan fingerprint density at radius 2 is 2.18 bits per heavy atom. The number of carbonyl (C=O) groups excluding carboxylic acids is 1. The third-order valence-corrected chi connectivity index (χ3v) is 3.69. The molecule has 1 fully saturated rings. The number of pyridine rings is 1. The van der Waals surface area contributed by atoms with Crippen LogP contribution in [0.2, 0.25) is 0 Å². The maximum absolute atomic E-state index is 11.3. The SMILES string of the molecule is CC(=O)c1ccn2c(C3CCCC3)ncc2c1. The quantitative estimate of drug-likeness (QED) is 0.740. The summed E-state index contributed by atoms with van der Waals surface area (Å²) in [6.07, 6.45) is 8.96. The van der Waals surface area contributed by atoms with Crippen molar-refractivity contribution in [2.75, 3.05) is 0 Å². The van der Waals surface area contributed by atoms with Crippen molar-refractivity contribution < 1.29 is 4.79 Å². The molecule has 3 nitrogen and oxygen atoms in total. The van der Waals surface area contributed by atoms with E-state index in [1.54, 1.807) is 6.92 Å². The van der Waals surface area contributed by atoms with Gasteiger partial charge in [-0.3, -0.25) is 4.79 Å². The van der Waals surface area contributed by atoms with Crippen LogP contribution in [0.5, 0.6) is 0 Å². The van der Waals surface area contributed by atoms with Gasteiger partial charge in [0.1, 0.15) is 5.82 Å². The van der Waals surface area contributed by atoms with Gasteiger partial charge in [-0.15, -0.1) is 0 Å². The second-order valence-corrected chi connectivity index (χ2v) is 4.86. The molecule has 17 heavy (non-hydrogen) atoms. The lowest BCUT2D eigenvalue weighted by molar-refractivity contribution is 0.101. The number of fused-ring (bicyclic) bond motifs is 1. The second kappa shape index (κ2) is 3.99. The molecule has 0 bridgehead atoms. The molecule has 0 spiro atoms. The zero-order valence-electron chi connectivity index (χ0n) is 10.0. The zero-order chi connectivity index (χ0) is 11.8. The molecule has 0 aliphatic heterocycles. The largest absolute Gasteiger partial charge is 0.303 e. The molecule has 0 amide bonds. The molecular formula is C14H16N2O. The van der Waals surface area contributed by atoms with E-state index in [-0.39, 0.29) is 5.78 Å². The third kappa shape index (κ3) is 1.75. The first-order valence-electron chi connectivity index (χ1n) is 6.23. The topological polar surface area (TPSA) is 34.4 Å². The molecule has 0 saturated heterocycles. The van der Waals surface area contributed by atoms with Crippen LogP contribution in [-0.4, -0.2) is 15.2 Å². The molecule has 0 aromatic carbocycles. The Morgan fingerprint density at radius 3 is 2.88 bits per heavy atom. The minimum Gasteiger partial charge on any atom is -0.303 e. The van der Waals surface area contributed by atoms with Crippen LogP contribution < -0.4 is 0 Å². The molecule has 88 valence electrons. The number of carbonyl (C=O) groups is 1. The maximum atomic E-state index is 11.3. The summed E-state index contributed by atoms with van der Waals surface area (Å²) in [7, 11) is 0. The van der Waals surface area contributed by atoms with Gasteiger partial charge in [0, 0.05) is 17.7 Å². The lowest BCUT2D eigenvalue weighted by Gasteiger charge is -2.08. The van der Waals surface area contributed by atoms with Crippen LogP contribution in [0.25, 0.3) is 5.52 Å². The van der Waals surface area contributed by atoms with Gasteiger partial charge in [-0.05, 0) is 31.9 Å². The predicted molar refractivity (Wildman–Crippen MR) is 66.4 cm³/mol. The molecule has 2 aromatic rings. The Hall–Kier alpha value is -1.64. The van der Waals surface area contributed by atoms with Gasteiger partial charge in [-0.1, -0.05) is 12.8 Å². The number of nitrogens with zero attached hydrogens (tertiary/aromatic N) is 2. The van der Waals surface area contributed by atoms with Crippen molar-refractivity contribution in [3.8, 4) is 0 Å². The van der Waals surface area contributed by atoms with E-state index in [1.165, 1.54) is 25.7 Å². The highest BCUT2D eigenvalue weighted by Gasteiger charge is 2.21. The Balaban J connectivity index is 2.07. The average Bonchev–Trinajstić information content (AvgIpc) is 2.96. The van der Waals surface area contributed by atoms with Crippen LogP contribution in [0, 0.1) is 0 Å². The number of rotatable bonds is 2. The lowest BCUT2D eigenvalue weighted by Crippen LogP contribution is -2.01. The van der Waals surface area contributed by atoms with Crippen LogP contribution in [0.1, 0.15) is 54.7 Å². The summed E-state index contributed by atoms with van der Waals surface area (Å²) in [5.74, 6) is 1.87. The van der Waals surface area contributed by atoms with E-state index in [4.69, 9.17) is 0 Å². The molecule has 1 aliphatic carbocycles. The molecular weight excluding hydrogens is 212 g/mol. The predicted octanol–water partition coefficient (Wildman–Crippen LogP) is 3.19. The van der Waals surface area contributed by atoms with Crippen LogP contribution in [0.4, 0.5) is 0 Å². The number of aromatic nitrogens is 2. The average molecular weight is 228 g/mol. The highest BCUT2D eigenvalue weighted by Crippen LogP contribution is 2.33. The van der Waals surface area contributed by atoms with Crippen LogP contribution in [-0.2, 0) is 0 Å². The second-order valence-electron chi connectivity index (χ2n) is 4.86. The Morgan fingerprint density at radius 1 is 1.41 bits per heavy atom. The number of Topliss-reactive ketones (excluding diaryl/α,β-unsaturated/α-hetero) is 1. The first kappa shape index (κ1) is 10.5. The van der Waals surface area contributed by atoms with Gasteiger partial charge in [-0.25, -0.2) is 4.98 Å². The van der Waals surface area contributed by atoms with Crippen molar-refractivity contribution in [1.82, 2.24) is 9.38 Å². The molecule has 0 radical (unpaired) electrons. The van der Waals surface area contributed by atoms with Crippen LogP contribution in [0.15, 0.2) is 24.5 Å². The summed E-state index contributed by atoms with van der Waals surface area (Å²) in [5.41, 5.74) is 1.79. The van der Waals surface area contributed by atoms with E-state index in [0.717, 1.165) is 16.9 Å². The van der Waals surface area contributed by atoms with Gasteiger partial charge in [0.15, 0.2) is 5.78 Å². The Kier molecular flexibility index (Phi) is 2.46. The molecule has 1 saturated carbocycles. The van der Waals surface area contributed by atoms with Gasteiger partial charge >= 0.3 is 0 Å². The fraction of sp³-hybridized carbons (Fsp3) is 0.429. The van der Waals surface area contributed by atoms with Crippen LogP contribution >= 0.6 is 0 Å². The fourth-order valence-electron chi connectivity index (χ4n) is 2.73. The van der Waals surface area contributed by atoms with Crippen molar-refractivity contribution in [2.24, 2.45) is 0 Å². The van der Waals surface area contributed by atoms with Gasteiger partial charge in [0.25, 0.3) is 0 Å². The molecule has 0 atom stereocenters. The summed E-state index contributed by atoms with van der Waals surface area (Å²) in [5, 5.41) is 0. The summed E-state index contributed by atoms with van der Waals surface area (Å²) in [6.45, 7) is 1.60. The third-order valence-electron chi connectivity index (χ3n) is 3.69. The molecule has 1 aliphatic rings. The van der Waals surface area contributed by atoms with Crippen molar-refractivity contribution >= 4 is 11.3 Å². The normalized spacial score (nSPS) is 16.8. The molecule has 3 heteroatoms. The monoisotopic (exact) mass is 228 g/mol. The Bertz CT molecular complexity index is 565. The van der Waals surface area contributed by atoms with E-state index in [9.17, 15) is 4.79 Å². The molecule has 0 unspecified atom stereocenters. The molecule has 3 rings (SSSR count). The van der Waals surface area contributed by atoms with E-state index < -0.39 is 0 Å². The number of hydrogen-bond acceptors (Lipinski definition) is 2. The smallest absolute Gasteiger partial charge is 0.159 e. The maximum Gasteiger partial charge on any atom is 0.159 e. The molecule has 0 N–H and O–H groups in total. The highest BCUT2D eigenvalue weighted by molar-refractivity contribution is 5.95. The lowest BCUT2D eigenvalue weighted by atomic mass is 10.1. The van der Waals surface area contributed by atoms with E-state index in [1.807, 2.05) is 24.5 Å². The van der Waals surface area contributed by atoms with Crippen molar-refractivity contribution in [1.29, 1.82) is 0 Å². The number of imidazole rings is 1. The van der Waals surface area contributed by atoms with E-state index in [2.05, 4.69) is 9.38 Å². The summed E-state index contributed by atoms with van der Waals surface area (Å²) in [4.78, 5) is 15.9. The number of hydrogen-bond donors (Lipinski definition) is 0. The van der Waals surface area contributed by atoms with Gasteiger partial charge in [0.05, 0.1) is 11.7 Å². The van der Waals surface area contributed by atoms with Crippen molar-refractivity contribution in [3.63, 3.8) is 0 Å². The van der Waals surface area contributed by atoms with Gasteiger partial charge in [-0.2, -0.15) is 0 Å². The minimum absolute atomic E-state index is 0.108. The first-order valence-corrected chi connectivity index (χ1v) is 6.23. The standard InChI is InChI=1S/C14H16N2O/c1-10(17)12-6-7-16-13(8-12)9-15-14(16)11-4-2-3-5-11/h6-9,11H,2-5H2,1H3. The molecule has 2 heterocycles.